The van der Waals surface area contributed by atoms with Crippen molar-refractivity contribution in [1.82, 2.24) is 4.98 Å². The summed E-state index contributed by atoms with van der Waals surface area (Å²) in [5, 5.41) is 3.86. The third-order valence-electron chi connectivity index (χ3n) is 3.21. The van der Waals surface area contributed by atoms with Gasteiger partial charge in [-0.05, 0) is 36.4 Å². The van der Waals surface area contributed by atoms with Gasteiger partial charge in [-0.25, -0.2) is 0 Å². The zero-order valence-electron chi connectivity index (χ0n) is 11.5. The molecule has 1 amide bonds. The topological polar surface area (TPSA) is 51.2 Å². The molecule has 21 heavy (non-hydrogen) atoms. The lowest BCUT2D eigenvalue weighted by atomic mass is 10.1. The molecule has 3 rings (SSSR count). The molecule has 0 bridgehead atoms. The average Bonchev–Trinajstić information content (AvgIpc) is 2.54. The van der Waals surface area contributed by atoms with E-state index in [0.29, 0.717) is 11.3 Å². The van der Waals surface area contributed by atoms with Gasteiger partial charge in [0, 0.05) is 17.3 Å². The third kappa shape index (κ3) is 2.69. The number of carbonyl (C=O) groups is 1. The average molecular weight is 278 g/mol. The van der Waals surface area contributed by atoms with Crippen LogP contribution in [-0.4, -0.2) is 18.0 Å². The standard InChI is InChI=1S/C17H14N2O2/c1-21-16-7-3-2-6-14(16)17(20)19-13-8-9-15-12(11-13)5-4-10-18-15/h2-11H,1H3,(H,19,20). The lowest BCUT2D eigenvalue weighted by Gasteiger charge is -2.09. The van der Waals surface area contributed by atoms with Crippen molar-refractivity contribution in [2.45, 2.75) is 0 Å². The molecule has 3 aromatic rings. The van der Waals surface area contributed by atoms with Crippen molar-refractivity contribution < 1.29 is 9.53 Å². The Morgan fingerprint density at radius 1 is 1.10 bits per heavy atom. The smallest absolute Gasteiger partial charge is 0.259 e. The summed E-state index contributed by atoms with van der Waals surface area (Å²) >= 11 is 0. The number of hydrogen-bond acceptors (Lipinski definition) is 3. The van der Waals surface area contributed by atoms with Crippen molar-refractivity contribution in [3.05, 3.63) is 66.4 Å². The summed E-state index contributed by atoms with van der Waals surface area (Å²) in [6, 6.07) is 16.6. The van der Waals surface area contributed by atoms with E-state index in [1.807, 2.05) is 42.5 Å². The minimum Gasteiger partial charge on any atom is -0.496 e. The first-order valence-electron chi connectivity index (χ1n) is 6.57. The molecule has 0 atom stereocenters. The molecule has 1 N–H and O–H groups in total. The SMILES string of the molecule is COc1ccccc1C(=O)Nc1ccc2ncccc2c1. The molecule has 4 nitrogen and oxygen atoms in total. The number of rotatable bonds is 3. The molecule has 0 unspecified atom stereocenters. The van der Waals surface area contributed by atoms with Crippen LogP contribution in [0.1, 0.15) is 10.4 Å². The molecule has 104 valence electrons. The normalized spacial score (nSPS) is 10.3. The Labute approximate surface area is 122 Å². The van der Waals surface area contributed by atoms with Crippen LogP contribution >= 0.6 is 0 Å². The van der Waals surface area contributed by atoms with Crippen LogP contribution in [0.2, 0.25) is 0 Å². The van der Waals surface area contributed by atoms with Gasteiger partial charge < -0.3 is 10.1 Å². The number of hydrogen-bond donors (Lipinski definition) is 1. The van der Waals surface area contributed by atoms with Gasteiger partial charge >= 0.3 is 0 Å². The molecule has 0 aliphatic heterocycles. The molecule has 0 radical (unpaired) electrons. The number of anilines is 1. The van der Waals surface area contributed by atoms with Crippen molar-refractivity contribution in [3.63, 3.8) is 0 Å². The largest absolute Gasteiger partial charge is 0.496 e. The van der Waals surface area contributed by atoms with E-state index < -0.39 is 0 Å². The minimum atomic E-state index is -0.198. The highest BCUT2D eigenvalue weighted by atomic mass is 16.5. The maximum Gasteiger partial charge on any atom is 0.259 e. The van der Waals surface area contributed by atoms with Gasteiger partial charge in [-0.3, -0.25) is 9.78 Å². The monoisotopic (exact) mass is 278 g/mol. The van der Waals surface area contributed by atoms with E-state index >= 15 is 0 Å². The number of methoxy groups -OCH3 is 1. The van der Waals surface area contributed by atoms with Gasteiger partial charge in [0.15, 0.2) is 0 Å². The number of aromatic nitrogens is 1. The second kappa shape index (κ2) is 5.63. The lowest BCUT2D eigenvalue weighted by Crippen LogP contribution is -2.13. The fourth-order valence-electron chi connectivity index (χ4n) is 2.18. The van der Waals surface area contributed by atoms with Crippen molar-refractivity contribution >= 4 is 22.5 Å². The Hall–Kier alpha value is -2.88. The molecule has 0 saturated heterocycles. The van der Waals surface area contributed by atoms with Crippen molar-refractivity contribution in [2.24, 2.45) is 0 Å². The highest BCUT2D eigenvalue weighted by Crippen LogP contribution is 2.21. The van der Waals surface area contributed by atoms with E-state index in [0.717, 1.165) is 16.6 Å². The maximum absolute atomic E-state index is 12.3. The molecule has 4 heteroatoms. The molecule has 1 heterocycles. The summed E-state index contributed by atoms with van der Waals surface area (Å²) in [6.07, 6.45) is 1.75. The summed E-state index contributed by atoms with van der Waals surface area (Å²) < 4.78 is 5.20. The highest BCUT2D eigenvalue weighted by Gasteiger charge is 2.11. The molecule has 2 aromatic carbocycles. The predicted molar refractivity (Wildman–Crippen MR) is 82.7 cm³/mol. The molecule has 0 spiro atoms. The number of ether oxygens (including phenoxy) is 1. The van der Waals surface area contributed by atoms with E-state index in [9.17, 15) is 4.79 Å². The van der Waals surface area contributed by atoms with Crippen LogP contribution in [0, 0.1) is 0 Å². The van der Waals surface area contributed by atoms with Gasteiger partial charge in [-0.1, -0.05) is 18.2 Å². The van der Waals surface area contributed by atoms with E-state index in [4.69, 9.17) is 4.74 Å². The lowest BCUT2D eigenvalue weighted by molar-refractivity contribution is 0.102. The summed E-state index contributed by atoms with van der Waals surface area (Å²) in [7, 11) is 1.55. The Kier molecular flexibility index (Phi) is 3.51. The van der Waals surface area contributed by atoms with E-state index in [2.05, 4.69) is 10.3 Å². The third-order valence-corrected chi connectivity index (χ3v) is 3.21. The first kappa shape index (κ1) is 13.1. The Bertz CT molecular complexity index is 799. The Morgan fingerprint density at radius 2 is 1.95 bits per heavy atom. The summed E-state index contributed by atoms with van der Waals surface area (Å²) in [5.74, 6) is 0.355. The summed E-state index contributed by atoms with van der Waals surface area (Å²) in [5.41, 5.74) is 2.13. The summed E-state index contributed by atoms with van der Waals surface area (Å²) in [6.45, 7) is 0. The van der Waals surface area contributed by atoms with Crippen LogP contribution < -0.4 is 10.1 Å². The van der Waals surface area contributed by atoms with Crippen molar-refractivity contribution in [1.29, 1.82) is 0 Å². The summed E-state index contributed by atoms with van der Waals surface area (Å²) in [4.78, 5) is 16.6. The number of fused-ring (bicyclic) bond motifs is 1. The second-order valence-corrected chi connectivity index (χ2v) is 4.57. The Balaban J connectivity index is 1.89. The number of para-hydroxylation sites is 1. The fraction of sp³-hybridized carbons (Fsp3) is 0.0588. The first-order valence-corrected chi connectivity index (χ1v) is 6.57. The van der Waals surface area contributed by atoms with Crippen molar-refractivity contribution in [2.75, 3.05) is 12.4 Å². The number of pyridine rings is 1. The van der Waals surface area contributed by atoms with Crippen LogP contribution in [0.3, 0.4) is 0 Å². The molecular weight excluding hydrogens is 264 g/mol. The van der Waals surface area contributed by atoms with Crippen molar-refractivity contribution in [3.8, 4) is 5.75 Å². The molecule has 0 aliphatic rings. The molecule has 0 fully saturated rings. The number of carbonyl (C=O) groups excluding carboxylic acids is 1. The number of nitrogens with zero attached hydrogens (tertiary/aromatic N) is 1. The molecule has 1 aromatic heterocycles. The predicted octanol–water partition coefficient (Wildman–Crippen LogP) is 3.50. The van der Waals surface area contributed by atoms with Gasteiger partial charge in [0.25, 0.3) is 5.91 Å². The van der Waals surface area contributed by atoms with Gasteiger partial charge in [0.1, 0.15) is 5.75 Å². The Morgan fingerprint density at radius 3 is 2.81 bits per heavy atom. The minimum absolute atomic E-state index is 0.198. The molecular formula is C17H14N2O2. The second-order valence-electron chi connectivity index (χ2n) is 4.57. The van der Waals surface area contributed by atoms with E-state index in [1.54, 1.807) is 25.4 Å². The van der Waals surface area contributed by atoms with E-state index in [-0.39, 0.29) is 5.91 Å². The molecule has 0 saturated carbocycles. The zero-order chi connectivity index (χ0) is 14.7. The van der Waals surface area contributed by atoms with Gasteiger partial charge in [0.2, 0.25) is 0 Å². The van der Waals surface area contributed by atoms with Gasteiger partial charge in [-0.2, -0.15) is 0 Å². The van der Waals surface area contributed by atoms with Crippen LogP contribution in [0.5, 0.6) is 5.75 Å². The number of nitrogens with one attached hydrogen (secondary N) is 1. The number of amides is 1. The fourth-order valence-corrected chi connectivity index (χ4v) is 2.18. The zero-order valence-corrected chi connectivity index (χ0v) is 11.5. The van der Waals surface area contributed by atoms with E-state index in [1.165, 1.54) is 0 Å². The highest BCUT2D eigenvalue weighted by molar-refractivity contribution is 6.06. The van der Waals surface area contributed by atoms with Gasteiger partial charge in [0.05, 0.1) is 18.2 Å². The first-order chi connectivity index (χ1) is 10.3. The van der Waals surface area contributed by atoms with Gasteiger partial charge in [-0.15, -0.1) is 0 Å². The quantitative estimate of drug-likeness (QED) is 0.797. The molecule has 0 aliphatic carbocycles. The number of benzene rings is 2. The maximum atomic E-state index is 12.3. The van der Waals surface area contributed by atoms with Crippen LogP contribution in [0.15, 0.2) is 60.8 Å². The van der Waals surface area contributed by atoms with Crippen LogP contribution in [0.25, 0.3) is 10.9 Å². The van der Waals surface area contributed by atoms with Crippen LogP contribution in [0.4, 0.5) is 5.69 Å². The van der Waals surface area contributed by atoms with Crippen LogP contribution in [-0.2, 0) is 0 Å².